The van der Waals surface area contributed by atoms with Crippen molar-refractivity contribution in [2.24, 2.45) is 0 Å². The molecule has 0 saturated carbocycles. The molecule has 0 fully saturated rings. The summed E-state index contributed by atoms with van der Waals surface area (Å²) in [5, 5.41) is 9.81. The van der Waals surface area contributed by atoms with Crippen molar-refractivity contribution in [3.8, 4) is 0 Å². The number of ketones is 1. The molecular weight excluding hydrogens is 220 g/mol. The zero-order valence-corrected chi connectivity index (χ0v) is 9.01. The Labute approximate surface area is 98.1 Å². The van der Waals surface area contributed by atoms with E-state index in [9.17, 15) is 14.7 Å². The number of rotatable bonds is 3. The van der Waals surface area contributed by atoms with Gasteiger partial charge in [-0.1, -0.05) is 30.3 Å². The van der Waals surface area contributed by atoms with Crippen molar-refractivity contribution in [1.29, 1.82) is 0 Å². The molecule has 0 saturated heterocycles. The molecule has 88 valence electrons. The van der Waals surface area contributed by atoms with E-state index < -0.39 is 11.5 Å². The monoisotopic (exact) mass is 232 g/mol. The molecular formula is C12H12N2O3. The Kier molecular flexibility index (Phi) is 3.03. The van der Waals surface area contributed by atoms with Crippen molar-refractivity contribution >= 4 is 17.8 Å². The van der Waals surface area contributed by atoms with Crippen molar-refractivity contribution in [3.05, 3.63) is 42.0 Å². The molecule has 5 heteroatoms. The number of benzene rings is 1. The molecule has 0 bridgehead atoms. The summed E-state index contributed by atoms with van der Waals surface area (Å²) in [6, 6.07) is 9.21. The molecule has 1 aliphatic rings. The topological polar surface area (TPSA) is 78.4 Å². The Morgan fingerprint density at radius 2 is 2.00 bits per heavy atom. The molecule has 1 heterocycles. The number of hydrazine groups is 1. The summed E-state index contributed by atoms with van der Waals surface area (Å²) in [7, 11) is 0. The van der Waals surface area contributed by atoms with E-state index in [1.807, 2.05) is 30.3 Å². The Morgan fingerprint density at radius 1 is 1.29 bits per heavy atom. The number of hydrogen-bond acceptors (Lipinski definition) is 5. The van der Waals surface area contributed by atoms with E-state index in [0.29, 0.717) is 12.0 Å². The second-order valence-corrected chi connectivity index (χ2v) is 3.77. The van der Waals surface area contributed by atoms with Gasteiger partial charge in [-0.15, -0.1) is 0 Å². The van der Waals surface area contributed by atoms with Gasteiger partial charge in [0.05, 0.1) is 12.1 Å². The van der Waals surface area contributed by atoms with Gasteiger partial charge in [-0.2, -0.15) is 5.43 Å². The van der Waals surface area contributed by atoms with Gasteiger partial charge < -0.3 is 15.3 Å². The van der Waals surface area contributed by atoms with E-state index in [1.165, 1.54) is 6.08 Å². The molecule has 1 unspecified atom stereocenters. The third-order valence-electron chi connectivity index (χ3n) is 2.55. The second-order valence-electron chi connectivity index (χ2n) is 3.77. The standard InChI is InChI=1S/C12H12N2O3/c15-7-6-12(17)11(16)8-10(13-14-12)9-4-2-1-3-5-9/h1-5,7-8,13-14,17H,6H2. The average molecular weight is 232 g/mol. The predicted molar refractivity (Wildman–Crippen MR) is 61.3 cm³/mol. The fraction of sp³-hybridized carbons (Fsp3) is 0.167. The number of nitrogens with one attached hydrogen (secondary N) is 2. The summed E-state index contributed by atoms with van der Waals surface area (Å²) in [6.45, 7) is 0. The number of aldehydes is 1. The normalized spacial score (nSPS) is 23.8. The lowest BCUT2D eigenvalue weighted by molar-refractivity contribution is -0.141. The minimum atomic E-state index is -1.85. The molecule has 0 amide bonds. The van der Waals surface area contributed by atoms with Crippen molar-refractivity contribution in [2.75, 3.05) is 0 Å². The zero-order valence-electron chi connectivity index (χ0n) is 9.01. The lowest BCUT2D eigenvalue weighted by atomic mass is 10.0. The highest BCUT2D eigenvalue weighted by Crippen LogP contribution is 2.18. The van der Waals surface area contributed by atoms with Crippen LogP contribution in [0.25, 0.3) is 5.70 Å². The summed E-state index contributed by atoms with van der Waals surface area (Å²) in [5.41, 5.74) is 4.71. The van der Waals surface area contributed by atoms with E-state index >= 15 is 0 Å². The first-order valence-electron chi connectivity index (χ1n) is 5.16. The van der Waals surface area contributed by atoms with Gasteiger partial charge in [-0.25, -0.2) is 0 Å². The quantitative estimate of drug-likeness (QED) is 0.638. The fourth-order valence-corrected chi connectivity index (χ4v) is 1.56. The van der Waals surface area contributed by atoms with E-state index in [1.54, 1.807) is 0 Å². The number of carbonyl (C=O) groups excluding carboxylic acids is 2. The highest BCUT2D eigenvalue weighted by atomic mass is 16.3. The molecule has 0 aliphatic carbocycles. The highest BCUT2D eigenvalue weighted by molar-refractivity contribution is 6.04. The van der Waals surface area contributed by atoms with E-state index in [2.05, 4.69) is 10.9 Å². The summed E-state index contributed by atoms with van der Waals surface area (Å²) < 4.78 is 0. The molecule has 2 rings (SSSR count). The summed E-state index contributed by atoms with van der Waals surface area (Å²) >= 11 is 0. The van der Waals surface area contributed by atoms with Crippen LogP contribution in [-0.2, 0) is 9.59 Å². The number of aliphatic hydroxyl groups is 1. The van der Waals surface area contributed by atoms with Gasteiger partial charge in [-0.3, -0.25) is 4.79 Å². The molecule has 0 spiro atoms. The minimum Gasteiger partial charge on any atom is -0.367 e. The Balaban J connectivity index is 2.26. The Hall–Kier alpha value is -1.98. The van der Waals surface area contributed by atoms with Crippen molar-refractivity contribution in [2.45, 2.75) is 12.1 Å². The van der Waals surface area contributed by atoms with Gasteiger partial charge in [0, 0.05) is 6.08 Å². The van der Waals surface area contributed by atoms with Crippen LogP contribution in [-0.4, -0.2) is 22.9 Å². The Morgan fingerprint density at radius 3 is 2.59 bits per heavy atom. The minimum absolute atomic E-state index is 0.294. The maximum Gasteiger partial charge on any atom is 0.206 e. The molecule has 17 heavy (non-hydrogen) atoms. The first-order valence-corrected chi connectivity index (χ1v) is 5.16. The first-order chi connectivity index (χ1) is 8.15. The highest BCUT2D eigenvalue weighted by Gasteiger charge is 2.37. The Bertz CT molecular complexity index is 470. The molecule has 0 aromatic heterocycles. The molecule has 1 aromatic carbocycles. The SMILES string of the molecule is O=CCC1(O)NNC(c2ccccc2)=CC1=O. The van der Waals surface area contributed by atoms with Gasteiger partial charge in [-0.05, 0) is 5.56 Å². The smallest absolute Gasteiger partial charge is 0.206 e. The maximum absolute atomic E-state index is 11.7. The van der Waals surface area contributed by atoms with Crippen molar-refractivity contribution < 1.29 is 14.7 Å². The lowest BCUT2D eigenvalue weighted by Gasteiger charge is -2.30. The van der Waals surface area contributed by atoms with Gasteiger partial charge in [0.2, 0.25) is 11.5 Å². The van der Waals surface area contributed by atoms with E-state index in [0.717, 1.165) is 5.56 Å². The summed E-state index contributed by atoms with van der Waals surface area (Å²) in [4.78, 5) is 22.1. The van der Waals surface area contributed by atoms with Gasteiger partial charge in [0.15, 0.2) is 0 Å². The summed E-state index contributed by atoms with van der Waals surface area (Å²) in [5.74, 6) is -0.540. The molecule has 1 aliphatic heterocycles. The second kappa shape index (κ2) is 4.48. The molecule has 0 radical (unpaired) electrons. The first kappa shape index (κ1) is 11.5. The van der Waals surface area contributed by atoms with Crippen LogP contribution in [0.2, 0.25) is 0 Å². The van der Waals surface area contributed by atoms with Gasteiger partial charge >= 0.3 is 0 Å². The maximum atomic E-state index is 11.7. The predicted octanol–water partition coefficient (Wildman–Crippen LogP) is -0.0180. The van der Waals surface area contributed by atoms with Crippen LogP contribution < -0.4 is 10.9 Å². The van der Waals surface area contributed by atoms with Crippen LogP contribution in [0.4, 0.5) is 0 Å². The van der Waals surface area contributed by atoms with Crippen molar-refractivity contribution in [3.63, 3.8) is 0 Å². The number of hydrogen-bond donors (Lipinski definition) is 3. The molecule has 3 N–H and O–H groups in total. The average Bonchev–Trinajstić information content (AvgIpc) is 2.34. The van der Waals surface area contributed by atoms with Crippen LogP contribution in [0, 0.1) is 0 Å². The van der Waals surface area contributed by atoms with E-state index in [-0.39, 0.29) is 6.42 Å². The summed E-state index contributed by atoms with van der Waals surface area (Å²) in [6.07, 6.45) is 1.49. The largest absolute Gasteiger partial charge is 0.367 e. The van der Waals surface area contributed by atoms with Crippen LogP contribution in [0.5, 0.6) is 0 Å². The molecule has 1 aromatic rings. The lowest BCUT2D eigenvalue weighted by Crippen LogP contribution is -2.59. The van der Waals surface area contributed by atoms with Crippen LogP contribution in [0.3, 0.4) is 0 Å². The van der Waals surface area contributed by atoms with E-state index in [4.69, 9.17) is 0 Å². The van der Waals surface area contributed by atoms with Gasteiger partial charge in [0.1, 0.15) is 6.29 Å². The molecule has 1 atom stereocenters. The molecule has 5 nitrogen and oxygen atoms in total. The van der Waals surface area contributed by atoms with Crippen LogP contribution in [0.1, 0.15) is 12.0 Å². The zero-order chi connectivity index (χ0) is 12.3. The van der Waals surface area contributed by atoms with Crippen LogP contribution >= 0.6 is 0 Å². The van der Waals surface area contributed by atoms with Crippen molar-refractivity contribution in [1.82, 2.24) is 10.9 Å². The van der Waals surface area contributed by atoms with Gasteiger partial charge in [0.25, 0.3) is 0 Å². The third-order valence-corrected chi connectivity index (χ3v) is 2.55. The third kappa shape index (κ3) is 2.25. The fourth-order valence-electron chi connectivity index (χ4n) is 1.56. The number of carbonyl (C=O) groups is 2. The van der Waals surface area contributed by atoms with Crippen LogP contribution in [0.15, 0.2) is 36.4 Å².